The predicted molar refractivity (Wildman–Crippen MR) is 101 cm³/mol. The van der Waals surface area contributed by atoms with Gasteiger partial charge in [-0.05, 0) is 31.0 Å². The van der Waals surface area contributed by atoms with Gasteiger partial charge in [-0.15, -0.1) is 11.3 Å². The van der Waals surface area contributed by atoms with Crippen LogP contribution in [0.1, 0.15) is 32.6 Å². The molecule has 0 amide bonds. The van der Waals surface area contributed by atoms with Crippen LogP contribution in [0.5, 0.6) is 0 Å². The van der Waals surface area contributed by atoms with Gasteiger partial charge in [0.1, 0.15) is 0 Å². The van der Waals surface area contributed by atoms with E-state index in [0.29, 0.717) is 17.1 Å². The molecule has 4 nitrogen and oxygen atoms in total. The van der Waals surface area contributed by atoms with E-state index in [4.69, 9.17) is 12.2 Å². The molecule has 6 heteroatoms. The summed E-state index contributed by atoms with van der Waals surface area (Å²) in [7, 11) is 0. The van der Waals surface area contributed by atoms with E-state index in [2.05, 4.69) is 40.2 Å². The van der Waals surface area contributed by atoms with E-state index in [-0.39, 0.29) is 0 Å². The average molecular weight is 347 g/mol. The average Bonchev–Trinajstić information content (AvgIpc) is 3.05. The van der Waals surface area contributed by atoms with Crippen LogP contribution in [0.15, 0.2) is 35.7 Å². The first-order valence-electron chi connectivity index (χ1n) is 8.06. The Kier molecular flexibility index (Phi) is 5.46. The molecule has 1 heterocycles. The van der Waals surface area contributed by atoms with Crippen LogP contribution >= 0.6 is 23.6 Å². The van der Waals surface area contributed by atoms with Crippen molar-refractivity contribution >= 4 is 33.8 Å². The number of aromatic nitrogens is 1. The number of hydrogen-bond donors (Lipinski definition) is 3. The third-order valence-electron chi connectivity index (χ3n) is 4.28. The monoisotopic (exact) mass is 346 g/mol. The van der Waals surface area contributed by atoms with Crippen molar-refractivity contribution < 1.29 is 0 Å². The minimum absolute atomic E-state index is 0.474. The Bertz CT molecular complexity index is 641. The summed E-state index contributed by atoms with van der Waals surface area (Å²) in [4.78, 5) is 4.57. The molecule has 1 saturated carbocycles. The van der Waals surface area contributed by atoms with Gasteiger partial charge in [0.05, 0.1) is 5.69 Å². The lowest BCUT2D eigenvalue weighted by molar-refractivity contribution is 0.308. The fourth-order valence-corrected chi connectivity index (χ4v) is 3.79. The zero-order valence-electron chi connectivity index (χ0n) is 13.2. The van der Waals surface area contributed by atoms with E-state index in [1.165, 1.54) is 25.7 Å². The number of thiazole rings is 1. The van der Waals surface area contributed by atoms with Crippen molar-refractivity contribution in [3.63, 3.8) is 0 Å². The van der Waals surface area contributed by atoms with Crippen molar-refractivity contribution in [1.29, 1.82) is 0 Å². The highest BCUT2D eigenvalue weighted by Crippen LogP contribution is 2.25. The molecule has 0 spiro atoms. The summed E-state index contributed by atoms with van der Waals surface area (Å²) in [6.07, 6.45) is 5.09. The fourth-order valence-electron chi connectivity index (χ4n) is 2.92. The summed E-state index contributed by atoms with van der Waals surface area (Å²) in [5.41, 5.74) is 8.23. The highest BCUT2D eigenvalue weighted by molar-refractivity contribution is 7.80. The van der Waals surface area contributed by atoms with Gasteiger partial charge >= 0.3 is 0 Å². The molecular formula is C17H22N4S2. The Morgan fingerprint density at radius 2 is 2.00 bits per heavy atom. The minimum atomic E-state index is 0.474. The number of anilines is 1. The van der Waals surface area contributed by atoms with Gasteiger partial charge < -0.3 is 5.32 Å². The second-order valence-electron chi connectivity index (χ2n) is 6.00. The van der Waals surface area contributed by atoms with Crippen LogP contribution in [0.4, 0.5) is 5.13 Å². The molecule has 0 aliphatic heterocycles. The maximum absolute atomic E-state index is 5.38. The Labute approximate surface area is 146 Å². The van der Waals surface area contributed by atoms with Crippen molar-refractivity contribution in [2.75, 3.05) is 5.43 Å². The largest absolute Gasteiger partial charge is 0.358 e. The molecule has 0 saturated heterocycles. The first-order valence-corrected chi connectivity index (χ1v) is 9.34. The normalized spacial score (nSPS) is 20.7. The van der Waals surface area contributed by atoms with Crippen molar-refractivity contribution in [2.24, 2.45) is 5.92 Å². The highest BCUT2D eigenvalue weighted by atomic mass is 32.1. The van der Waals surface area contributed by atoms with E-state index in [9.17, 15) is 0 Å². The Morgan fingerprint density at radius 1 is 1.22 bits per heavy atom. The molecule has 0 unspecified atom stereocenters. The molecule has 2 atom stereocenters. The summed E-state index contributed by atoms with van der Waals surface area (Å²) in [6.45, 7) is 2.29. The van der Waals surface area contributed by atoms with Crippen LogP contribution in [-0.2, 0) is 0 Å². The first kappa shape index (κ1) is 16.2. The third-order valence-corrected chi connectivity index (χ3v) is 5.26. The Hall–Kier alpha value is -1.66. The number of thiocarbonyl (C=S) groups is 1. The van der Waals surface area contributed by atoms with E-state index in [1.54, 1.807) is 11.3 Å². The standard InChI is InChI=1S/C17H22N4S2/c1-12-7-5-6-10-14(12)18-16(22)20-21-17-19-15(11-23-17)13-8-3-2-4-9-13/h2-4,8-9,11-12,14H,5-7,10H2,1H3,(H,19,21)(H2,18,20,22)/t12-,14+/m1/s1. The molecule has 1 fully saturated rings. The van der Waals surface area contributed by atoms with Gasteiger partial charge in [-0.25, -0.2) is 4.98 Å². The molecule has 3 N–H and O–H groups in total. The molecule has 0 radical (unpaired) electrons. The number of hydrogen-bond acceptors (Lipinski definition) is 4. The van der Waals surface area contributed by atoms with Crippen LogP contribution in [-0.4, -0.2) is 16.1 Å². The molecule has 1 aromatic carbocycles. The zero-order valence-corrected chi connectivity index (χ0v) is 14.8. The molecule has 3 rings (SSSR count). The molecule has 122 valence electrons. The van der Waals surface area contributed by atoms with Gasteiger partial charge in [-0.3, -0.25) is 10.9 Å². The van der Waals surface area contributed by atoms with Crippen LogP contribution in [0.3, 0.4) is 0 Å². The topological polar surface area (TPSA) is 49.0 Å². The SMILES string of the molecule is C[C@@H]1CCCC[C@@H]1NC(=S)NNc1nc(-c2ccccc2)cs1. The number of nitrogens with one attached hydrogen (secondary N) is 3. The van der Waals surface area contributed by atoms with Gasteiger partial charge in [-0.2, -0.15) is 0 Å². The van der Waals surface area contributed by atoms with Gasteiger partial charge in [0.15, 0.2) is 5.11 Å². The molecule has 23 heavy (non-hydrogen) atoms. The molecular weight excluding hydrogens is 324 g/mol. The van der Waals surface area contributed by atoms with Gasteiger partial charge in [-0.1, -0.05) is 50.1 Å². The minimum Gasteiger partial charge on any atom is -0.358 e. The second kappa shape index (κ2) is 7.75. The number of hydrazine groups is 1. The predicted octanol–water partition coefficient (Wildman–Crippen LogP) is 4.18. The van der Waals surface area contributed by atoms with Crippen molar-refractivity contribution in [1.82, 2.24) is 15.7 Å². The Balaban J connectivity index is 1.50. The quantitative estimate of drug-likeness (QED) is 0.573. The first-order chi connectivity index (χ1) is 11.2. The summed E-state index contributed by atoms with van der Waals surface area (Å²) < 4.78 is 0. The van der Waals surface area contributed by atoms with Crippen LogP contribution in [0.2, 0.25) is 0 Å². The maximum Gasteiger partial charge on any atom is 0.202 e. The van der Waals surface area contributed by atoms with Gasteiger partial charge in [0.2, 0.25) is 5.13 Å². The van der Waals surface area contributed by atoms with Crippen molar-refractivity contribution in [3.05, 3.63) is 35.7 Å². The molecule has 1 aromatic heterocycles. The summed E-state index contributed by atoms with van der Waals surface area (Å²) >= 11 is 6.94. The zero-order chi connectivity index (χ0) is 16.1. The lowest BCUT2D eigenvalue weighted by Crippen LogP contribution is -2.47. The molecule has 2 aromatic rings. The molecule has 1 aliphatic carbocycles. The summed E-state index contributed by atoms with van der Waals surface area (Å²) in [5, 5.41) is 6.90. The Morgan fingerprint density at radius 3 is 2.78 bits per heavy atom. The maximum atomic E-state index is 5.38. The lowest BCUT2D eigenvalue weighted by atomic mass is 9.86. The summed E-state index contributed by atoms with van der Waals surface area (Å²) in [6, 6.07) is 10.6. The third kappa shape index (κ3) is 4.42. The van der Waals surface area contributed by atoms with Crippen LogP contribution in [0.25, 0.3) is 11.3 Å². The smallest absolute Gasteiger partial charge is 0.202 e. The molecule has 1 aliphatic rings. The fraction of sp³-hybridized carbons (Fsp3) is 0.412. The van der Waals surface area contributed by atoms with E-state index < -0.39 is 0 Å². The van der Waals surface area contributed by atoms with Crippen molar-refractivity contribution in [2.45, 2.75) is 38.6 Å². The van der Waals surface area contributed by atoms with E-state index in [0.717, 1.165) is 16.4 Å². The van der Waals surface area contributed by atoms with E-state index in [1.807, 2.05) is 23.6 Å². The van der Waals surface area contributed by atoms with Gasteiger partial charge in [0.25, 0.3) is 0 Å². The molecule has 0 bridgehead atoms. The number of benzene rings is 1. The summed E-state index contributed by atoms with van der Waals surface area (Å²) in [5.74, 6) is 0.674. The van der Waals surface area contributed by atoms with E-state index >= 15 is 0 Å². The highest BCUT2D eigenvalue weighted by Gasteiger charge is 2.21. The lowest BCUT2D eigenvalue weighted by Gasteiger charge is -2.30. The number of nitrogens with zero attached hydrogens (tertiary/aromatic N) is 1. The van der Waals surface area contributed by atoms with Crippen molar-refractivity contribution in [3.8, 4) is 11.3 Å². The van der Waals surface area contributed by atoms with Crippen LogP contribution < -0.4 is 16.2 Å². The second-order valence-corrected chi connectivity index (χ2v) is 7.26. The van der Waals surface area contributed by atoms with Crippen LogP contribution in [0, 0.1) is 5.92 Å². The number of rotatable bonds is 4. The van der Waals surface area contributed by atoms with Gasteiger partial charge in [0, 0.05) is 17.0 Å².